The van der Waals surface area contributed by atoms with E-state index in [-0.39, 0.29) is 6.03 Å². The molecule has 1 heterocycles. The van der Waals surface area contributed by atoms with E-state index >= 15 is 0 Å². The number of piperidine rings is 1. The fourth-order valence-electron chi connectivity index (χ4n) is 2.04. The van der Waals surface area contributed by atoms with E-state index < -0.39 is 0 Å². The molecular formula is C13H18ClN3O. The third-order valence-electron chi connectivity index (χ3n) is 3.31. The Morgan fingerprint density at radius 2 is 2.11 bits per heavy atom. The van der Waals surface area contributed by atoms with Crippen molar-refractivity contribution in [1.29, 1.82) is 0 Å². The van der Waals surface area contributed by atoms with E-state index in [0.29, 0.717) is 22.3 Å². The van der Waals surface area contributed by atoms with Crippen LogP contribution in [0.2, 0.25) is 5.02 Å². The van der Waals surface area contributed by atoms with Gasteiger partial charge >= 0.3 is 6.03 Å². The first-order chi connectivity index (χ1) is 8.56. The van der Waals surface area contributed by atoms with Crippen LogP contribution in [0.4, 0.5) is 16.2 Å². The smallest absolute Gasteiger partial charge is 0.321 e. The van der Waals surface area contributed by atoms with Gasteiger partial charge in [-0.05, 0) is 37.0 Å². The summed E-state index contributed by atoms with van der Waals surface area (Å²) in [5.74, 6) is 0.703. The molecule has 1 saturated heterocycles. The number of nitrogens with one attached hydrogen (secondary N) is 1. The molecule has 0 saturated carbocycles. The van der Waals surface area contributed by atoms with Crippen LogP contribution in [0.25, 0.3) is 0 Å². The van der Waals surface area contributed by atoms with Gasteiger partial charge in [0.15, 0.2) is 0 Å². The van der Waals surface area contributed by atoms with Gasteiger partial charge in [0.1, 0.15) is 0 Å². The first-order valence-electron chi connectivity index (χ1n) is 6.17. The van der Waals surface area contributed by atoms with Crippen molar-refractivity contribution in [3.8, 4) is 0 Å². The largest absolute Gasteiger partial charge is 0.399 e. The predicted octanol–water partition coefficient (Wildman–Crippen LogP) is 3.19. The molecule has 2 amide bonds. The number of halogens is 1. The fourth-order valence-corrected chi connectivity index (χ4v) is 2.27. The predicted molar refractivity (Wildman–Crippen MR) is 74.9 cm³/mol. The lowest BCUT2D eigenvalue weighted by molar-refractivity contribution is 0.186. The second-order valence-electron chi connectivity index (χ2n) is 4.84. The minimum absolute atomic E-state index is 0.0893. The molecule has 0 radical (unpaired) electrons. The molecule has 1 aliphatic heterocycles. The van der Waals surface area contributed by atoms with Gasteiger partial charge in [-0.2, -0.15) is 0 Å². The summed E-state index contributed by atoms with van der Waals surface area (Å²) >= 11 is 6.02. The highest BCUT2D eigenvalue weighted by Crippen LogP contribution is 2.25. The summed E-state index contributed by atoms with van der Waals surface area (Å²) < 4.78 is 0. The molecule has 0 unspecified atom stereocenters. The number of rotatable bonds is 1. The summed E-state index contributed by atoms with van der Waals surface area (Å²) in [6, 6.07) is 4.99. The summed E-state index contributed by atoms with van der Waals surface area (Å²) in [6.45, 7) is 3.82. The molecule has 98 valence electrons. The fraction of sp³-hybridized carbons (Fsp3) is 0.462. The van der Waals surface area contributed by atoms with Gasteiger partial charge in [0.05, 0.1) is 10.7 Å². The molecular weight excluding hydrogens is 250 g/mol. The number of nitrogens with two attached hydrogens (primary N) is 1. The van der Waals surface area contributed by atoms with Gasteiger partial charge in [-0.1, -0.05) is 18.5 Å². The van der Waals surface area contributed by atoms with Crippen molar-refractivity contribution in [3.05, 3.63) is 23.2 Å². The van der Waals surface area contributed by atoms with Gasteiger partial charge in [0.25, 0.3) is 0 Å². The zero-order valence-electron chi connectivity index (χ0n) is 10.4. The van der Waals surface area contributed by atoms with E-state index in [4.69, 9.17) is 17.3 Å². The van der Waals surface area contributed by atoms with Crippen LogP contribution < -0.4 is 11.1 Å². The quantitative estimate of drug-likeness (QED) is 0.768. The van der Waals surface area contributed by atoms with E-state index in [1.807, 2.05) is 4.90 Å². The minimum atomic E-state index is -0.0893. The van der Waals surface area contributed by atoms with Crippen molar-refractivity contribution < 1.29 is 4.79 Å². The van der Waals surface area contributed by atoms with E-state index in [1.54, 1.807) is 18.2 Å². The van der Waals surface area contributed by atoms with Gasteiger partial charge in [0, 0.05) is 18.8 Å². The number of anilines is 2. The summed E-state index contributed by atoms with van der Waals surface area (Å²) in [6.07, 6.45) is 2.12. The number of likely N-dealkylation sites (tertiary alicyclic amines) is 1. The van der Waals surface area contributed by atoms with Crippen LogP contribution in [0.5, 0.6) is 0 Å². The zero-order valence-corrected chi connectivity index (χ0v) is 11.2. The second kappa shape index (κ2) is 5.48. The van der Waals surface area contributed by atoms with Gasteiger partial charge in [-0.3, -0.25) is 0 Å². The molecule has 1 aliphatic rings. The molecule has 0 aliphatic carbocycles. The highest BCUT2D eigenvalue weighted by molar-refractivity contribution is 6.34. The Hall–Kier alpha value is -1.42. The second-order valence-corrected chi connectivity index (χ2v) is 5.25. The Morgan fingerprint density at radius 1 is 1.44 bits per heavy atom. The third-order valence-corrected chi connectivity index (χ3v) is 3.62. The summed E-state index contributed by atoms with van der Waals surface area (Å²) in [5, 5.41) is 3.29. The van der Waals surface area contributed by atoms with Crippen molar-refractivity contribution in [2.75, 3.05) is 24.1 Å². The maximum atomic E-state index is 12.0. The summed E-state index contributed by atoms with van der Waals surface area (Å²) in [4.78, 5) is 13.9. The molecule has 5 heteroatoms. The SMILES string of the molecule is CC1CCN(C(=O)Nc2ccc(N)cc2Cl)CC1. The molecule has 1 fully saturated rings. The first-order valence-corrected chi connectivity index (χ1v) is 6.55. The molecule has 0 atom stereocenters. The monoisotopic (exact) mass is 267 g/mol. The molecule has 2 rings (SSSR count). The molecule has 18 heavy (non-hydrogen) atoms. The lowest BCUT2D eigenvalue weighted by Crippen LogP contribution is -2.40. The number of carbonyl (C=O) groups is 1. The van der Waals surface area contributed by atoms with Gasteiger partial charge < -0.3 is 16.0 Å². The Balaban J connectivity index is 1.98. The summed E-state index contributed by atoms with van der Waals surface area (Å²) in [5.41, 5.74) is 6.80. The lowest BCUT2D eigenvalue weighted by atomic mass is 10.00. The highest BCUT2D eigenvalue weighted by atomic mass is 35.5. The molecule has 0 spiro atoms. The van der Waals surface area contributed by atoms with Crippen LogP contribution in [0, 0.1) is 5.92 Å². The number of urea groups is 1. The van der Waals surface area contributed by atoms with E-state index in [9.17, 15) is 4.79 Å². The van der Waals surface area contributed by atoms with Gasteiger partial charge in [-0.25, -0.2) is 4.79 Å². The number of amides is 2. The van der Waals surface area contributed by atoms with Crippen LogP contribution >= 0.6 is 11.6 Å². The van der Waals surface area contributed by atoms with Gasteiger partial charge in [-0.15, -0.1) is 0 Å². The Labute approximate surface area is 112 Å². The third kappa shape index (κ3) is 3.07. The van der Waals surface area contributed by atoms with E-state index in [0.717, 1.165) is 25.9 Å². The van der Waals surface area contributed by atoms with Crippen molar-refractivity contribution in [2.24, 2.45) is 5.92 Å². The number of hydrogen-bond donors (Lipinski definition) is 2. The Morgan fingerprint density at radius 3 is 2.72 bits per heavy atom. The van der Waals surface area contributed by atoms with Gasteiger partial charge in [0.2, 0.25) is 0 Å². The number of nitrogens with zero attached hydrogens (tertiary/aromatic N) is 1. The minimum Gasteiger partial charge on any atom is -0.399 e. The standard InChI is InChI=1S/C13H18ClN3O/c1-9-4-6-17(7-5-9)13(18)16-12-3-2-10(15)8-11(12)14/h2-3,8-9H,4-7,15H2,1H3,(H,16,18). The van der Waals surface area contributed by atoms with Crippen molar-refractivity contribution in [2.45, 2.75) is 19.8 Å². The van der Waals surface area contributed by atoms with Crippen LogP contribution in [0.1, 0.15) is 19.8 Å². The maximum Gasteiger partial charge on any atom is 0.321 e. The Kier molecular flexibility index (Phi) is 3.97. The van der Waals surface area contributed by atoms with Crippen LogP contribution in [0.15, 0.2) is 18.2 Å². The number of benzene rings is 1. The van der Waals surface area contributed by atoms with Crippen molar-refractivity contribution in [3.63, 3.8) is 0 Å². The normalized spacial score (nSPS) is 16.7. The number of hydrogen-bond acceptors (Lipinski definition) is 2. The zero-order chi connectivity index (χ0) is 13.1. The average molecular weight is 268 g/mol. The molecule has 1 aromatic rings. The topological polar surface area (TPSA) is 58.4 Å². The van der Waals surface area contributed by atoms with Crippen LogP contribution in [-0.2, 0) is 0 Å². The summed E-state index contributed by atoms with van der Waals surface area (Å²) in [7, 11) is 0. The van der Waals surface area contributed by atoms with E-state index in [2.05, 4.69) is 12.2 Å². The molecule has 0 aromatic heterocycles. The van der Waals surface area contributed by atoms with E-state index in [1.165, 1.54) is 0 Å². The van der Waals surface area contributed by atoms with Crippen molar-refractivity contribution >= 4 is 29.0 Å². The number of carbonyl (C=O) groups excluding carboxylic acids is 1. The molecule has 3 N–H and O–H groups in total. The van der Waals surface area contributed by atoms with Crippen LogP contribution in [0.3, 0.4) is 0 Å². The Bertz CT molecular complexity index is 442. The average Bonchev–Trinajstić information content (AvgIpc) is 2.33. The highest BCUT2D eigenvalue weighted by Gasteiger charge is 2.20. The molecule has 0 bridgehead atoms. The molecule has 1 aromatic carbocycles. The van der Waals surface area contributed by atoms with Crippen molar-refractivity contribution in [1.82, 2.24) is 4.90 Å². The first kappa shape index (κ1) is 13.0. The van der Waals surface area contributed by atoms with Crippen LogP contribution in [-0.4, -0.2) is 24.0 Å². The number of nitrogen functional groups attached to an aromatic ring is 1. The molecule has 4 nitrogen and oxygen atoms in total. The maximum absolute atomic E-state index is 12.0. The lowest BCUT2D eigenvalue weighted by Gasteiger charge is -2.30.